The Kier molecular flexibility index (Phi) is 5.78. The van der Waals surface area contributed by atoms with E-state index in [1.807, 2.05) is 60.8 Å². The lowest BCUT2D eigenvalue weighted by Gasteiger charge is -2.05. The zero-order valence-electron chi connectivity index (χ0n) is 16.2. The van der Waals surface area contributed by atoms with Gasteiger partial charge in [0, 0.05) is 34.2 Å². The molecule has 1 aromatic heterocycles. The number of hydrogen-bond donors (Lipinski definition) is 1. The Morgan fingerprint density at radius 2 is 1.94 bits per heavy atom. The first-order chi connectivity index (χ1) is 15.0. The minimum absolute atomic E-state index is 0.144. The van der Waals surface area contributed by atoms with E-state index in [-0.39, 0.29) is 11.1 Å². The van der Waals surface area contributed by atoms with Gasteiger partial charge < -0.3 is 4.57 Å². The zero-order chi connectivity index (χ0) is 21.8. The van der Waals surface area contributed by atoms with E-state index in [2.05, 4.69) is 15.1 Å². The Morgan fingerprint density at radius 1 is 1.16 bits per heavy atom. The van der Waals surface area contributed by atoms with Crippen molar-refractivity contribution < 1.29 is 9.18 Å². The van der Waals surface area contributed by atoms with E-state index in [0.29, 0.717) is 11.6 Å². The fourth-order valence-corrected chi connectivity index (χ4v) is 3.41. The summed E-state index contributed by atoms with van der Waals surface area (Å²) < 4.78 is 16.1. The van der Waals surface area contributed by atoms with Gasteiger partial charge >= 0.3 is 0 Å². The van der Waals surface area contributed by atoms with Crippen LogP contribution >= 0.6 is 11.6 Å². The summed E-state index contributed by atoms with van der Waals surface area (Å²) in [4.78, 5) is 12.2. The third kappa shape index (κ3) is 4.47. The number of benzene rings is 3. The van der Waals surface area contributed by atoms with Crippen molar-refractivity contribution in [3.8, 4) is 6.07 Å². The predicted molar refractivity (Wildman–Crippen MR) is 119 cm³/mol. The Balaban J connectivity index is 1.56. The fraction of sp³-hybridized carbons (Fsp3) is 0.0417. The molecule has 0 aliphatic carbocycles. The van der Waals surface area contributed by atoms with Crippen LogP contribution in [0, 0.1) is 17.1 Å². The monoisotopic (exact) mass is 430 g/mol. The van der Waals surface area contributed by atoms with Crippen LogP contribution in [0.2, 0.25) is 5.02 Å². The molecule has 31 heavy (non-hydrogen) atoms. The Labute approximate surface area is 183 Å². The zero-order valence-corrected chi connectivity index (χ0v) is 17.0. The highest BCUT2D eigenvalue weighted by molar-refractivity contribution is 6.30. The molecule has 4 aromatic rings. The van der Waals surface area contributed by atoms with Gasteiger partial charge in [0.1, 0.15) is 5.82 Å². The maximum atomic E-state index is 14.0. The molecule has 152 valence electrons. The summed E-state index contributed by atoms with van der Waals surface area (Å²) in [5.74, 6) is -1.46. The van der Waals surface area contributed by atoms with Gasteiger partial charge in [-0.15, -0.1) is 0 Å². The second kappa shape index (κ2) is 8.82. The number of rotatable bonds is 5. The predicted octanol–water partition coefficient (Wildman–Crippen LogP) is 5.12. The van der Waals surface area contributed by atoms with Gasteiger partial charge in [0.15, 0.2) is 0 Å². The van der Waals surface area contributed by atoms with Crippen LogP contribution in [-0.4, -0.2) is 16.7 Å². The molecule has 7 heteroatoms. The van der Waals surface area contributed by atoms with Gasteiger partial charge in [-0.1, -0.05) is 41.9 Å². The molecule has 1 N–H and O–H groups in total. The van der Waals surface area contributed by atoms with E-state index in [1.54, 1.807) is 0 Å². The first-order valence-corrected chi connectivity index (χ1v) is 9.78. The largest absolute Gasteiger partial charge is 0.342 e. The Morgan fingerprint density at radius 3 is 2.68 bits per heavy atom. The SMILES string of the molecule is N#Cc1ccc(C(=O)N/N=C\c2cn(Cc3ccc(Cl)cc3)c3ccccc23)c(F)c1. The third-order valence-electron chi connectivity index (χ3n) is 4.80. The highest BCUT2D eigenvalue weighted by Gasteiger charge is 2.12. The van der Waals surface area contributed by atoms with Crippen LogP contribution in [0.15, 0.2) is 78.0 Å². The summed E-state index contributed by atoms with van der Waals surface area (Å²) in [6.45, 7) is 0.647. The van der Waals surface area contributed by atoms with E-state index < -0.39 is 11.7 Å². The number of nitriles is 1. The van der Waals surface area contributed by atoms with Crippen LogP contribution < -0.4 is 5.43 Å². The summed E-state index contributed by atoms with van der Waals surface area (Å²) in [6, 6.07) is 21.0. The summed E-state index contributed by atoms with van der Waals surface area (Å²) in [6.07, 6.45) is 3.47. The van der Waals surface area contributed by atoms with Crippen LogP contribution in [-0.2, 0) is 6.54 Å². The summed E-state index contributed by atoms with van der Waals surface area (Å²) in [5, 5.41) is 14.5. The molecular weight excluding hydrogens is 415 g/mol. The van der Waals surface area contributed by atoms with Crippen LogP contribution in [0.1, 0.15) is 27.0 Å². The van der Waals surface area contributed by atoms with Crippen LogP contribution in [0.25, 0.3) is 10.9 Å². The maximum Gasteiger partial charge on any atom is 0.274 e. The van der Waals surface area contributed by atoms with Crippen molar-refractivity contribution in [2.75, 3.05) is 0 Å². The number of halogens is 2. The maximum absolute atomic E-state index is 14.0. The Bertz CT molecular complexity index is 1340. The summed E-state index contributed by atoms with van der Waals surface area (Å²) in [7, 11) is 0. The van der Waals surface area contributed by atoms with Crippen molar-refractivity contribution >= 4 is 34.6 Å². The molecule has 0 spiro atoms. The molecule has 0 aliphatic heterocycles. The molecule has 0 fully saturated rings. The highest BCUT2D eigenvalue weighted by atomic mass is 35.5. The van der Waals surface area contributed by atoms with Gasteiger partial charge in [0.05, 0.1) is 23.4 Å². The van der Waals surface area contributed by atoms with Gasteiger partial charge in [0.2, 0.25) is 0 Å². The number of hydrazone groups is 1. The van der Waals surface area contributed by atoms with Crippen LogP contribution in [0.4, 0.5) is 4.39 Å². The van der Waals surface area contributed by atoms with Crippen molar-refractivity contribution in [1.82, 2.24) is 9.99 Å². The topological polar surface area (TPSA) is 70.2 Å². The van der Waals surface area contributed by atoms with Crippen molar-refractivity contribution in [2.24, 2.45) is 5.10 Å². The lowest BCUT2D eigenvalue weighted by molar-refractivity contribution is 0.0951. The highest BCUT2D eigenvalue weighted by Crippen LogP contribution is 2.22. The standard InChI is InChI=1S/C24H16ClFN4O/c25-19-8-5-16(6-9-19)14-30-15-18(20-3-1-2-4-23(20)30)13-28-29-24(31)21-10-7-17(12-27)11-22(21)26/h1-11,13,15H,14H2,(H,29,31)/b28-13-. The minimum Gasteiger partial charge on any atom is -0.342 e. The van der Waals surface area contributed by atoms with Crippen molar-refractivity contribution in [2.45, 2.75) is 6.54 Å². The average molecular weight is 431 g/mol. The first-order valence-electron chi connectivity index (χ1n) is 9.40. The number of carbonyl (C=O) groups is 1. The number of amides is 1. The van der Waals surface area contributed by atoms with Gasteiger partial charge in [-0.25, -0.2) is 9.82 Å². The molecule has 0 bridgehead atoms. The number of para-hydroxylation sites is 1. The second-order valence-electron chi connectivity index (χ2n) is 6.86. The minimum atomic E-state index is -0.772. The van der Waals surface area contributed by atoms with E-state index in [9.17, 15) is 9.18 Å². The number of nitrogens with one attached hydrogen (secondary N) is 1. The van der Waals surface area contributed by atoms with E-state index in [1.165, 1.54) is 18.3 Å². The van der Waals surface area contributed by atoms with Crippen molar-refractivity contribution in [3.63, 3.8) is 0 Å². The molecule has 0 unspecified atom stereocenters. The first kappa shape index (κ1) is 20.3. The van der Waals surface area contributed by atoms with Crippen molar-refractivity contribution in [1.29, 1.82) is 5.26 Å². The second-order valence-corrected chi connectivity index (χ2v) is 7.30. The van der Waals surface area contributed by atoms with Gasteiger partial charge in [-0.2, -0.15) is 10.4 Å². The molecule has 0 radical (unpaired) electrons. The molecule has 1 amide bonds. The summed E-state index contributed by atoms with van der Waals surface area (Å²) >= 11 is 5.97. The number of carbonyl (C=O) groups excluding carboxylic acids is 1. The molecule has 1 heterocycles. The van der Waals surface area contributed by atoms with Crippen LogP contribution in [0.5, 0.6) is 0 Å². The fourth-order valence-electron chi connectivity index (χ4n) is 3.28. The van der Waals surface area contributed by atoms with Gasteiger partial charge in [-0.3, -0.25) is 4.79 Å². The molecule has 0 aliphatic rings. The molecule has 0 saturated carbocycles. The number of hydrogen-bond acceptors (Lipinski definition) is 3. The smallest absolute Gasteiger partial charge is 0.274 e. The molecule has 3 aromatic carbocycles. The number of aromatic nitrogens is 1. The van der Waals surface area contributed by atoms with Gasteiger partial charge in [-0.05, 0) is 42.0 Å². The Hall–Kier alpha value is -3.95. The average Bonchev–Trinajstić information content (AvgIpc) is 3.12. The molecule has 0 saturated heterocycles. The van der Waals surface area contributed by atoms with Crippen molar-refractivity contribution in [3.05, 3.63) is 106 Å². The van der Waals surface area contributed by atoms with E-state index >= 15 is 0 Å². The van der Waals surface area contributed by atoms with Gasteiger partial charge in [0.25, 0.3) is 5.91 Å². The molecule has 4 rings (SSSR count). The lowest BCUT2D eigenvalue weighted by atomic mass is 10.1. The number of nitrogens with zero attached hydrogens (tertiary/aromatic N) is 3. The molecule has 0 atom stereocenters. The number of fused-ring (bicyclic) bond motifs is 1. The van der Waals surface area contributed by atoms with E-state index in [4.69, 9.17) is 16.9 Å². The van der Waals surface area contributed by atoms with Crippen LogP contribution in [0.3, 0.4) is 0 Å². The normalized spacial score (nSPS) is 11.0. The lowest BCUT2D eigenvalue weighted by Crippen LogP contribution is -2.19. The quantitative estimate of drug-likeness (QED) is 0.352. The molecular formula is C24H16ClFN4O. The summed E-state index contributed by atoms with van der Waals surface area (Å²) in [5.41, 5.74) is 5.23. The van der Waals surface area contributed by atoms with E-state index in [0.717, 1.165) is 28.1 Å². The third-order valence-corrected chi connectivity index (χ3v) is 5.05. The molecule has 5 nitrogen and oxygen atoms in total.